The Balaban J connectivity index is 2.69. The van der Waals surface area contributed by atoms with Crippen molar-refractivity contribution in [1.82, 2.24) is 5.32 Å². The Morgan fingerprint density at radius 2 is 2.21 bits per heavy atom. The van der Waals surface area contributed by atoms with Crippen LogP contribution in [-0.4, -0.2) is 12.1 Å². The summed E-state index contributed by atoms with van der Waals surface area (Å²) in [6.07, 6.45) is 6.11. The number of rotatable bonds is 3. The fraction of sp³-hybridized carbons (Fsp3) is 0.750. The molecule has 1 aliphatic carbocycles. The quantitative estimate of drug-likeness (QED) is 0.698. The van der Waals surface area contributed by atoms with Crippen LogP contribution in [0.25, 0.3) is 0 Å². The van der Waals surface area contributed by atoms with Gasteiger partial charge < -0.3 is 0 Å². The summed E-state index contributed by atoms with van der Waals surface area (Å²) in [6, 6.07) is 2.45. The Bertz CT molecular complexity index is 250. The average Bonchev–Trinajstić information content (AvgIpc) is 2.13. The van der Waals surface area contributed by atoms with Gasteiger partial charge in [0.25, 0.3) is 0 Å². The minimum absolute atomic E-state index is 0.294. The van der Waals surface area contributed by atoms with Crippen LogP contribution in [-0.2, 0) is 0 Å². The van der Waals surface area contributed by atoms with Gasteiger partial charge in [0.15, 0.2) is 0 Å². The van der Waals surface area contributed by atoms with Crippen molar-refractivity contribution >= 4 is 0 Å². The van der Waals surface area contributed by atoms with Gasteiger partial charge in [0.1, 0.15) is 5.54 Å². The number of nitriles is 1. The first-order chi connectivity index (χ1) is 6.54. The summed E-state index contributed by atoms with van der Waals surface area (Å²) in [7, 11) is 0. The molecule has 0 heterocycles. The second-order valence-corrected chi connectivity index (χ2v) is 5.06. The highest BCUT2D eigenvalue weighted by atomic mass is 15.0. The summed E-state index contributed by atoms with van der Waals surface area (Å²) < 4.78 is 0. The summed E-state index contributed by atoms with van der Waals surface area (Å²) in [5, 5.41) is 12.6. The topological polar surface area (TPSA) is 35.8 Å². The number of nitrogens with one attached hydrogen (secondary N) is 1. The van der Waals surface area contributed by atoms with Crippen molar-refractivity contribution in [2.24, 2.45) is 5.41 Å². The molecule has 1 aliphatic rings. The van der Waals surface area contributed by atoms with Crippen molar-refractivity contribution in [2.45, 2.75) is 45.1 Å². The zero-order chi connectivity index (χ0) is 10.7. The van der Waals surface area contributed by atoms with Crippen LogP contribution >= 0.6 is 0 Å². The van der Waals surface area contributed by atoms with Crippen molar-refractivity contribution in [3.63, 3.8) is 0 Å². The molecule has 1 rings (SSSR count). The molecular formula is C12H20N2. The number of hydrogen-bond donors (Lipinski definition) is 1. The highest BCUT2D eigenvalue weighted by molar-refractivity contribution is 5.11. The molecule has 0 aliphatic heterocycles. The van der Waals surface area contributed by atoms with E-state index in [-0.39, 0.29) is 5.54 Å². The Hall–Kier alpha value is -0.810. The van der Waals surface area contributed by atoms with Gasteiger partial charge in [0.05, 0.1) is 6.07 Å². The van der Waals surface area contributed by atoms with E-state index in [1.54, 1.807) is 0 Å². The van der Waals surface area contributed by atoms with Gasteiger partial charge in [0, 0.05) is 6.54 Å². The van der Waals surface area contributed by atoms with Gasteiger partial charge in [-0.2, -0.15) is 5.26 Å². The van der Waals surface area contributed by atoms with E-state index >= 15 is 0 Å². The van der Waals surface area contributed by atoms with Gasteiger partial charge in [-0.25, -0.2) is 0 Å². The molecule has 1 atom stereocenters. The summed E-state index contributed by atoms with van der Waals surface area (Å²) in [5.74, 6) is 0. The van der Waals surface area contributed by atoms with Gasteiger partial charge in [0.2, 0.25) is 0 Å². The fourth-order valence-electron chi connectivity index (χ4n) is 2.42. The largest absolute Gasteiger partial charge is 0.296 e. The van der Waals surface area contributed by atoms with Crippen LogP contribution in [0.5, 0.6) is 0 Å². The number of hydrogen-bond acceptors (Lipinski definition) is 2. The van der Waals surface area contributed by atoms with Crippen LogP contribution in [0.4, 0.5) is 0 Å². The molecule has 0 amide bonds. The highest BCUT2D eigenvalue weighted by Gasteiger charge is 2.39. The maximum absolute atomic E-state index is 9.25. The molecule has 1 N–H and O–H groups in total. The molecule has 0 bridgehead atoms. The molecular weight excluding hydrogens is 172 g/mol. The van der Waals surface area contributed by atoms with Crippen LogP contribution < -0.4 is 5.32 Å². The molecule has 0 saturated heterocycles. The molecule has 0 aromatic heterocycles. The van der Waals surface area contributed by atoms with E-state index in [4.69, 9.17) is 0 Å². The molecule has 2 heteroatoms. The van der Waals surface area contributed by atoms with Gasteiger partial charge >= 0.3 is 0 Å². The van der Waals surface area contributed by atoms with Crippen LogP contribution in [0.15, 0.2) is 12.7 Å². The van der Waals surface area contributed by atoms with E-state index in [0.29, 0.717) is 5.41 Å². The second-order valence-electron chi connectivity index (χ2n) is 5.06. The molecule has 0 radical (unpaired) electrons. The highest BCUT2D eigenvalue weighted by Crippen LogP contribution is 2.40. The summed E-state index contributed by atoms with van der Waals surface area (Å²) in [5.41, 5.74) is -0.0158. The van der Waals surface area contributed by atoms with E-state index < -0.39 is 0 Å². The molecule has 1 fully saturated rings. The van der Waals surface area contributed by atoms with Crippen molar-refractivity contribution in [3.05, 3.63) is 12.7 Å². The molecule has 0 aromatic carbocycles. The molecule has 2 nitrogen and oxygen atoms in total. The monoisotopic (exact) mass is 192 g/mol. The minimum atomic E-state index is -0.310. The van der Waals surface area contributed by atoms with E-state index in [1.165, 1.54) is 6.42 Å². The lowest BCUT2D eigenvalue weighted by molar-refractivity contribution is 0.161. The molecule has 0 spiro atoms. The maximum atomic E-state index is 9.25. The van der Waals surface area contributed by atoms with Crippen molar-refractivity contribution in [2.75, 3.05) is 6.54 Å². The number of nitrogens with zero attached hydrogens (tertiary/aromatic N) is 1. The van der Waals surface area contributed by atoms with Gasteiger partial charge in [-0.1, -0.05) is 26.3 Å². The van der Waals surface area contributed by atoms with Gasteiger partial charge in [-0.15, -0.1) is 6.58 Å². The Labute approximate surface area is 87.0 Å². The summed E-state index contributed by atoms with van der Waals surface area (Å²) >= 11 is 0. The molecule has 14 heavy (non-hydrogen) atoms. The van der Waals surface area contributed by atoms with Crippen LogP contribution in [0.2, 0.25) is 0 Å². The van der Waals surface area contributed by atoms with Crippen LogP contribution in [0, 0.1) is 16.7 Å². The second kappa shape index (κ2) is 4.14. The SMILES string of the molecule is C=CCNC1(C#N)CCCC(C)(C)C1. The first kappa shape index (κ1) is 11.3. The summed E-state index contributed by atoms with van der Waals surface area (Å²) in [4.78, 5) is 0. The smallest absolute Gasteiger partial charge is 0.107 e. The van der Waals surface area contributed by atoms with E-state index in [1.807, 2.05) is 6.08 Å². The lowest BCUT2D eigenvalue weighted by Gasteiger charge is -2.41. The molecule has 0 aromatic rings. The summed E-state index contributed by atoms with van der Waals surface area (Å²) in [6.45, 7) is 8.89. The lowest BCUT2D eigenvalue weighted by Crippen LogP contribution is -2.49. The van der Waals surface area contributed by atoms with Crippen molar-refractivity contribution < 1.29 is 0 Å². The Morgan fingerprint density at radius 1 is 1.50 bits per heavy atom. The van der Waals surface area contributed by atoms with Crippen molar-refractivity contribution in [1.29, 1.82) is 5.26 Å². The minimum Gasteiger partial charge on any atom is -0.296 e. The zero-order valence-corrected chi connectivity index (χ0v) is 9.27. The van der Waals surface area contributed by atoms with E-state index in [9.17, 15) is 5.26 Å². The van der Waals surface area contributed by atoms with E-state index in [2.05, 4.69) is 31.8 Å². The predicted octanol–water partition coefficient (Wildman–Crippen LogP) is 2.62. The Morgan fingerprint density at radius 3 is 2.71 bits per heavy atom. The first-order valence-electron chi connectivity index (χ1n) is 5.31. The van der Waals surface area contributed by atoms with Gasteiger partial charge in [-0.3, -0.25) is 5.32 Å². The lowest BCUT2D eigenvalue weighted by atomic mass is 9.68. The molecule has 1 saturated carbocycles. The molecule has 1 unspecified atom stereocenters. The van der Waals surface area contributed by atoms with Crippen molar-refractivity contribution in [3.8, 4) is 6.07 Å². The maximum Gasteiger partial charge on any atom is 0.107 e. The van der Waals surface area contributed by atoms with Gasteiger partial charge in [-0.05, 0) is 24.7 Å². The van der Waals surface area contributed by atoms with Crippen LogP contribution in [0.1, 0.15) is 39.5 Å². The third-order valence-corrected chi connectivity index (χ3v) is 3.04. The first-order valence-corrected chi connectivity index (χ1v) is 5.31. The normalized spacial score (nSPS) is 30.6. The average molecular weight is 192 g/mol. The van der Waals surface area contributed by atoms with Crippen LogP contribution in [0.3, 0.4) is 0 Å². The molecule has 78 valence electrons. The standard InChI is InChI=1S/C12H20N2/c1-4-8-14-12(10-13)7-5-6-11(2,3)9-12/h4,14H,1,5-9H2,2-3H3. The van der Waals surface area contributed by atoms with E-state index in [0.717, 1.165) is 25.8 Å². The third-order valence-electron chi connectivity index (χ3n) is 3.04. The predicted molar refractivity (Wildman–Crippen MR) is 58.8 cm³/mol. The Kier molecular flexibility index (Phi) is 3.34. The third kappa shape index (κ3) is 2.59. The fourth-order valence-corrected chi connectivity index (χ4v) is 2.42. The zero-order valence-electron chi connectivity index (χ0n) is 9.27.